The van der Waals surface area contributed by atoms with Crippen LogP contribution in [0.2, 0.25) is 0 Å². The molecule has 1 aromatic rings. The van der Waals surface area contributed by atoms with Crippen molar-refractivity contribution in [2.75, 3.05) is 7.11 Å². The van der Waals surface area contributed by atoms with E-state index in [0.717, 1.165) is 23.3 Å². The van der Waals surface area contributed by atoms with Gasteiger partial charge in [-0.3, -0.25) is 0 Å². The van der Waals surface area contributed by atoms with Crippen LogP contribution in [-0.4, -0.2) is 18.7 Å². The van der Waals surface area contributed by atoms with E-state index in [-0.39, 0.29) is 0 Å². The van der Waals surface area contributed by atoms with Gasteiger partial charge in [-0.1, -0.05) is 25.1 Å². The number of hydrogen-bond acceptors (Lipinski definition) is 4. The van der Waals surface area contributed by atoms with Gasteiger partial charge in [0.25, 0.3) is 0 Å². The summed E-state index contributed by atoms with van der Waals surface area (Å²) in [6.07, 6.45) is 0.771. The van der Waals surface area contributed by atoms with Gasteiger partial charge in [-0.2, -0.15) is 5.10 Å². The van der Waals surface area contributed by atoms with E-state index in [1.165, 1.54) is 0 Å². The maximum Gasteiger partial charge on any atom is 0.123 e. The molecule has 2 rings (SSSR count). The topological polar surface area (TPSA) is 60.0 Å². The molecule has 0 saturated carbocycles. The van der Waals surface area contributed by atoms with Gasteiger partial charge in [-0.25, -0.2) is 0 Å². The molecule has 1 heterocycles. The quantitative estimate of drug-likeness (QED) is 0.864. The fourth-order valence-corrected chi connectivity index (χ4v) is 2.00. The molecule has 17 heavy (non-hydrogen) atoms. The summed E-state index contributed by atoms with van der Waals surface area (Å²) in [5.41, 5.74) is 8.90. The van der Waals surface area contributed by atoms with Gasteiger partial charge in [0.15, 0.2) is 0 Å². The van der Waals surface area contributed by atoms with Crippen LogP contribution in [0.4, 0.5) is 0 Å². The highest BCUT2D eigenvalue weighted by Gasteiger charge is 2.18. The highest BCUT2D eigenvalue weighted by atomic mass is 16.5. The number of benzene rings is 1. The molecule has 0 aliphatic carbocycles. The zero-order chi connectivity index (χ0) is 12.3. The minimum atomic E-state index is 0.310. The maximum absolute atomic E-state index is 5.67. The van der Waals surface area contributed by atoms with Crippen LogP contribution in [0.3, 0.4) is 0 Å². The predicted octanol–water partition coefficient (Wildman–Crippen LogP) is 1.93. The first-order valence-electron chi connectivity index (χ1n) is 5.69. The van der Waals surface area contributed by atoms with Crippen LogP contribution in [0.5, 0.6) is 0 Å². The van der Waals surface area contributed by atoms with Crippen molar-refractivity contribution >= 4 is 11.5 Å². The van der Waals surface area contributed by atoms with Gasteiger partial charge in [0.1, 0.15) is 5.84 Å². The Morgan fingerprint density at radius 1 is 1.41 bits per heavy atom. The van der Waals surface area contributed by atoms with E-state index >= 15 is 0 Å². The van der Waals surface area contributed by atoms with E-state index in [2.05, 4.69) is 23.2 Å². The second kappa shape index (κ2) is 5.10. The Bertz CT molecular complexity index is 465. The lowest BCUT2D eigenvalue weighted by molar-refractivity contribution is 0.185. The molecular formula is C13H17N3O. The van der Waals surface area contributed by atoms with E-state index in [4.69, 9.17) is 10.5 Å². The number of nitrogens with two attached hydrogens (primary N) is 1. The van der Waals surface area contributed by atoms with Crippen molar-refractivity contribution in [3.8, 4) is 0 Å². The monoisotopic (exact) mass is 231 g/mol. The van der Waals surface area contributed by atoms with E-state index in [9.17, 15) is 0 Å². The molecule has 4 nitrogen and oxygen atoms in total. The first-order chi connectivity index (χ1) is 8.20. The summed E-state index contributed by atoms with van der Waals surface area (Å²) in [6.45, 7) is 2.73. The molecule has 1 aromatic carbocycles. The Hall–Kier alpha value is -1.68. The highest BCUT2D eigenvalue weighted by Crippen LogP contribution is 2.18. The van der Waals surface area contributed by atoms with Crippen molar-refractivity contribution in [1.29, 1.82) is 0 Å². The second-order valence-electron chi connectivity index (χ2n) is 4.32. The third kappa shape index (κ3) is 2.71. The number of ether oxygens (including phenoxy) is 1. The smallest absolute Gasteiger partial charge is 0.123 e. The summed E-state index contributed by atoms with van der Waals surface area (Å²) in [4.78, 5) is 0. The molecule has 0 amide bonds. The number of rotatable bonds is 3. The molecule has 1 aliphatic rings. The minimum absolute atomic E-state index is 0.310. The standard InChI is InChI=1S/C13H17N3O/c1-9-6-12(14)15-16-13(9)11-5-3-4-10(7-11)8-17-2/h3-5,7,9H,6,8H2,1-2H3,(H2,14,15). The summed E-state index contributed by atoms with van der Waals surface area (Å²) in [5, 5.41) is 8.17. The molecule has 0 fully saturated rings. The van der Waals surface area contributed by atoms with Gasteiger partial charge in [0.05, 0.1) is 12.3 Å². The molecule has 0 bridgehead atoms. The first kappa shape index (κ1) is 11.8. The average molecular weight is 231 g/mol. The lowest BCUT2D eigenvalue weighted by Crippen LogP contribution is -2.25. The van der Waals surface area contributed by atoms with Crippen LogP contribution < -0.4 is 5.73 Å². The molecule has 1 atom stereocenters. The molecule has 1 aliphatic heterocycles. The van der Waals surface area contributed by atoms with E-state index in [1.807, 2.05) is 18.2 Å². The number of amidine groups is 1. The Kier molecular flexibility index (Phi) is 3.54. The summed E-state index contributed by atoms with van der Waals surface area (Å²) < 4.78 is 5.13. The second-order valence-corrected chi connectivity index (χ2v) is 4.32. The van der Waals surface area contributed by atoms with Gasteiger partial charge in [0.2, 0.25) is 0 Å². The van der Waals surface area contributed by atoms with E-state index in [0.29, 0.717) is 18.4 Å². The lowest BCUT2D eigenvalue weighted by atomic mass is 9.93. The van der Waals surface area contributed by atoms with Crippen molar-refractivity contribution in [2.24, 2.45) is 21.9 Å². The average Bonchev–Trinajstić information content (AvgIpc) is 2.29. The first-order valence-corrected chi connectivity index (χ1v) is 5.69. The SMILES string of the molecule is COCc1cccc(C2=NN=C(N)CC2C)c1. The van der Waals surface area contributed by atoms with Crippen molar-refractivity contribution < 1.29 is 4.74 Å². The molecule has 4 heteroatoms. The van der Waals surface area contributed by atoms with Crippen LogP contribution in [-0.2, 0) is 11.3 Å². The van der Waals surface area contributed by atoms with Crippen molar-refractivity contribution in [2.45, 2.75) is 20.0 Å². The molecule has 0 saturated heterocycles. The maximum atomic E-state index is 5.67. The Labute approximate surface area is 101 Å². The van der Waals surface area contributed by atoms with Crippen molar-refractivity contribution in [1.82, 2.24) is 0 Å². The molecular weight excluding hydrogens is 214 g/mol. The van der Waals surface area contributed by atoms with Crippen LogP contribution in [0.25, 0.3) is 0 Å². The molecule has 0 radical (unpaired) electrons. The lowest BCUT2D eigenvalue weighted by Gasteiger charge is -2.17. The van der Waals surface area contributed by atoms with Crippen LogP contribution in [0.15, 0.2) is 34.5 Å². The van der Waals surface area contributed by atoms with Crippen LogP contribution >= 0.6 is 0 Å². The largest absolute Gasteiger partial charge is 0.386 e. The van der Waals surface area contributed by atoms with Crippen LogP contribution in [0.1, 0.15) is 24.5 Å². The molecule has 0 aromatic heterocycles. The summed E-state index contributed by atoms with van der Waals surface area (Å²) in [7, 11) is 1.69. The molecule has 0 spiro atoms. The molecule has 2 N–H and O–H groups in total. The third-order valence-corrected chi connectivity index (χ3v) is 2.80. The van der Waals surface area contributed by atoms with Crippen molar-refractivity contribution in [3.05, 3.63) is 35.4 Å². The van der Waals surface area contributed by atoms with Gasteiger partial charge in [-0.05, 0) is 17.2 Å². The highest BCUT2D eigenvalue weighted by molar-refractivity contribution is 6.05. The zero-order valence-corrected chi connectivity index (χ0v) is 10.2. The third-order valence-electron chi connectivity index (χ3n) is 2.80. The summed E-state index contributed by atoms with van der Waals surface area (Å²) >= 11 is 0. The van der Waals surface area contributed by atoms with Gasteiger partial charge in [-0.15, -0.1) is 5.10 Å². The number of nitrogens with zero attached hydrogens (tertiary/aromatic N) is 2. The summed E-state index contributed by atoms with van der Waals surface area (Å²) in [6, 6.07) is 8.20. The molecule has 90 valence electrons. The Morgan fingerprint density at radius 3 is 2.94 bits per heavy atom. The fraction of sp³-hybridized carbons (Fsp3) is 0.385. The summed E-state index contributed by atoms with van der Waals surface area (Å²) in [5.74, 6) is 0.916. The van der Waals surface area contributed by atoms with E-state index in [1.54, 1.807) is 7.11 Å². The number of methoxy groups -OCH3 is 1. The Morgan fingerprint density at radius 2 is 2.24 bits per heavy atom. The number of hydrogen-bond donors (Lipinski definition) is 1. The van der Waals surface area contributed by atoms with Gasteiger partial charge < -0.3 is 10.5 Å². The molecule has 1 unspecified atom stereocenters. The Balaban J connectivity index is 2.30. The van der Waals surface area contributed by atoms with Gasteiger partial charge in [0, 0.05) is 19.4 Å². The van der Waals surface area contributed by atoms with Crippen molar-refractivity contribution in [3.63, 3.8) is 0 Å². The fourth-order valence-electron chi connectivity index (χ4n) is 2.00. The normalized spacial score (nSPS) is 19.8. The van der Waals surface area contributed by atoms with Gasteiger partial charge >= 0.3 is 0 Å². The minimum Gasteiger partial charge on any atom is -0.386 e. The van der Waals surface area contributed by atoms with Crippen LogP contribution in [0, 0.1) is 5.92 Å². The predicted molar refractivity (Wildman–Crippen MR) is 69.1 cm³/mol. The zero-order valence-electron chi connectivity index (χ0n) is 10.2. The van der Waals surface area contributed by atoms with E-state index < -0.39 is 0 Å².